The van der Waals surface area contributed by atoms with Crippen LogP contribution in [0.1, 0.15) is 30.7 Å². The molecule has 138 valence electrons. The van der Waals surface area contributed by atoms with Crippen molar-refractivity contribution in [3.8, 4) is 11.5 Å². The van der Waals surface area contributed by atoms with Gasteiger partial charge in [-0.2, -0.15) is 0 Å². The number of hydrogen-bond donors (Lipinski definition) is 1. The van der Waals surface area contributed by atoms with Gasteiger partial charge in [0.2, 0.25) is 0 Å². The molecule has 2 aromatic rings. The Labute approximate surface area is 154 Å². The fourth-order valence-electron chi connectivity index (χ4n) is 3.42. The fraction of sp³-hybridized carbons (Fsp3) is 0.381. The molecule has 1 fully saturated rings. The number of rotatable bonds is 4. The van der Waals surface area contributed by atoms with Crippen LogP contribution in [0.4, 0.5) is 10.5 Å². The Bertz CT molecular complexity index is 733. The van der Waals surface area contributed by atoms with Gasteiger partial charge >= 0.3 is 6.03 Å². The number of anilines is 1. The molecular formula is C21H26N2O3. The summed E-state index contributed by atoms with van der Waals surface area (Å²) in [5, 5.41) is 2.99. The van der Waals surface area contributed by atoms with Gasteiger partial charge in [0.15, 0.2) is 0 Å². The summed E-state index contributed by atoms with van der Waals surface area (Å²) in [5.41, 5.74) is 1.95. The van der Waals surface area contributed by atoms with E-state index in [4.69, 9.17) is 9.47 Å². The molecule has 2 amide bonds. The first-order valence-electron chi connectivity index (χ1n) is 9.04. The molecule has 1 aliphatic rings. The minimum Gasteiger partial charge on any atom is -0.497 e. The van der Waals surface area contributed by atoms with Crippen LogP contribution in [0.25, 0.3) is 0 Å². The molecule has 0 aliphatic carbocycles. The van der Waals surface area contributed by atoms with Gasteiger partial charge in [-0.25, -0.2) is 4.79 Å². The normalized spacial score (nSPS) is 17.3. The van der Waals surface area contributed by atoms with Gasteiger partial charge in [-0.1, -0.05) is 36.8 Å². The highest BCUT2D eigenvalue weighted by Crippen LogP contribution is 2.30. The van der Waals surface area contributed by atoms with Gasteiger partial charge in [-0.3, -0.25) is 0 Å². The van der Waals surface area contributed by atoms with E-state index in [9.17, 15) is 4.79 Å². The molecule has 2 aromatic carbocycles. The first-order valence-corrected chi connectivity index (χ1v) is 9.04. The molecule has 0 saturated carbocycles. The number of benzene rings is 2. The van der Waals surface area contributed by atoms with E-state index in [-0.39, 0.29) is 6.03 Å². The topological polar surface area (TPSA) is 50.8 Å². The van der Waals surface area contributed by atoms with Gasteiger partial charge in [-0.05, 0) is 30.5 Å². The Kier molecular flexibility index (Phi) is 6.00. The Morgan fingerprint density at radius 2 is 1.88 bits per heavy atom. The Hall–Kier alpha value is -2.69. The smallest absolute Gasteiger partial charge is 0.321 e. The van der Waals surface area contributed by atoms with E-state index in [0.29, 0.717) is 23.1 Å². The van der Waals surface area contributed by atoms with Crippen LogP contribution in [0.5, 0.6) is 11.5 Å². The Morgan fingerprint density at radius 1 is 1.08 bits per heavy atom. The van der Waals surface area contributed by atoms with Crippen molar-refractivity contribution in [1.82, 2.24) is 4.90 Å². The maximum Gasteiger partial charge on any atom is 0.321 e. The predicted molar refractivity (Wildman–Crippen MR) is 103 cm³/mol. The van der Waals surface area contributed by atoms with E-state index in [2.05, 4.69) is 29.6 Å². The molecular weight excluding hydrogens is 328 g/mol. The molecule has 0 spiro atoms. The zero-order valence-corrected chi connectivity index (χ0v) is 15.4. The van der Waals surface area contributed by atoms with Crippen LogP contribution in [0, 0.1) is 0 Å². The summed E-state index contributed by atoms with van der Waals surface area (Å²) in [6.45, 7) is 1.50. The maximum atomic E-state index is 12.8. The SMILES string of the molecule is COc1ccc(NC(=O)N2CCCCC(c3ccccc3)C2)c(OC)c1. The van der Waals surface area contributed by atoms with Gasteiger partial charge in [-0.15, -0.1) is 0 Å². The second-order valence-electron chi connectivity index (χ2n) is 6.55. The minimum atomic E-state index is -0.0868. The molecule has 1 saturated heterocycles. The average molecular weight is 354 g/mol. The Morgan fingerprint density at radius 3 is 2.62 bits per heavy atom. The zero-order chi connectivity index (χ0) is 18.4. The van der Waals surface area contributed by atoms with Gasteiger partial charge in [0.05, 0.1) is 19.9 Å². The monoisotopic (exact) mass is 354 g/mol. The van der Waals surface area contributed by atoms with Crippen molar-refractivity contribution in [2.75, 3.05) is 32.6 Å². The second-order valence-corrected chi connectivity index (χ2v) is 6.55. The van der Waals surface area contributed by atoms with E-state index in [1.54, 1.807) is 20.3 Å². The van der Waals surface area contributed by atoms with Crippen molar-refractivity contribution in [1.29, 1.82) is 0 Å². The molecule has 1 heterocycles. The average Bonchev–Trinajstić information content (AvgIpc) is 2.95. The van der Waals surface area contributed by atoms with Crippen LogP contribution in [0.2, 0.25) is 0 Å². The van der Waals surface area contributed by atoms with E-state index in [0.717, 1.165) is 32.4 Å². The number of hydrogen-bond acceptors (Lipinski definition) is 3. The summed E-state index contributed by atoms with van der Waals surface area (Å²) in [6.07, 6.45) is 3.27. The first kappa shape index (κ1) is 18.1. The molecule has 5 nitrogen and oxygen atoms in total. The van der Waals surface area contributed by atoms with Crippen molar-refractivity contribution >= 4 is 11.7 Å². The molecule has 1 atom stereocenters. The molecule has 0 radical (unpaired) electrons. The minimum absolute atomic E-state index is 0.0868. The van der Waals surface area contributed by atoms with E-state index >= 15 is 0 Å². The quantitative estimate of drug-likeness (QED) is 0.879. The third-order valence-electron chi connectivity index (χ3n) is 4.88. The lowest BCUT2D eigenvalue weighted by Crippen LogP contribution is -2.37. The van der Waals surface area contributed by atoms with Gasteiger partial charge in [0.1, 0.15) is 11.5 Å². The molecule has 5 heteroatoms. The van der Waals surface area contributed by atoms with Crippen molar-refractivity contribution in [2.45, 2.75) is 25.2 Å². The number of carbonyl (C=O) groups excluding carboxylic acids is 1. The highest BCUT2D eigenvalue weighted by atomic mass is 16.5. The molecule has 26 heavy (non-hydrogen) atoms. The molecule has 1 unspecified atom stereocenters. The largest absolute Gasteiger partial charge is 0.497 e. The van der Waals surface area contributed by atoms with Crippen molar-refractivity contribution < 1.29 is 14.3 Å². The summed E-state index contributed by atoms with van der Waals surface area (Å²) in [4.78, 5) is 14.8. The Balaban J connectivity index is 1.72. The van der Waals surface area contributed by atoms with Gasteiger partial charge in [0.25, 0.3) is 0 Å². The molecule has 0 bridgehead atoms. The third kappa shape index (κ3) is 4.28. The molecule has 1 aliphatic heterocycles. The number of carbonyl (C=O) groups is 1. The van der Waals surface area contributed by atoms with E-state index < -0.39 is 0 Å². The summed E-state index contributed by atoms with van der Waals surface area (Å²) < 4.78 is 10.6. The summed E-state index contributed by atoms with van der Waals surface area (Å²) in [5.74, 6) is 1.66. The van der Waals surface area contributed by atoms with Crippen LogP contribution >= 0.6 is 0 Å². The summed E-state index contributed by atoms with van der Waals surface area (Å²) in [7, 11) is 3.19. The zero-order valence-electron chi connectivity index (χ0n) is 15.4. The van der Waals surface area contributed by atoms with Crippen molar-refractivity contribution in [2.24, 2.45) is 0 Å². The number of likely N-dealkylation sites (tertiary alicyclic amines) is 1. The van der Waals surface area contributed by atoms with Crippen LogP contribution in [-0.4, -0.2) is 38.2 Å². The van der Waals surface area contributed by atoms with Crippen molar-refractivity contribution in [3.05, 3.63) is 54.1 Å². The highest BCUT2D eigenvalue weighted by molar-refractivity contribution is 5.91. The van der Waals surface area contributed by atoms with E-state index in [1.807, 2.05) is 23.1 Å². The third-order valence-corrected chi connectivity index (χ3v) is 4.88. The highest BCUT2D eigenvalue weighted by Gasteiger charge is 2.23. The van der Waals surface area contributed by atoms with E-state index in [1.165, 1.54) is 5.56 Å². The van der Waals surface area contributed by atoms with Gasteiger partial charge in [0, 0.05) is 25.1 Å². The number of amides is 2. The maximum absolute atomic E-state index is 12.8. The van der Waals surface area contributed by atoms with Gasteiger partial charge < -0.3 is 19.7 Å². The lowest BCUT2D eigenvalue weighted by atomic mass is 9.94. The van der Waals surface area contributed by atoms with Crippen LogP contribution in [0.3, 0.4) is 0 Å². The fourth-order valence-corrected chi connectivity index (χ4v) is 3.42. The second kappa shape index (κ2) is 8.61. The summed E-state index contributed by atoms with van der Waals surface area (Å²) >= 11 is 0. The molecule has 1 N–H and O–H groups in total. The number of nitrogens with zero attached hydrogens (tertiary/aromatic N) is 1. The standard InChI is InChI=1S/C21H26N2O3/c1-25-18-11-12-19(20(14-18)26-2)22-21(24)23-13-7-6-10-17(15-23)16-8-4-3-5-9-16/h3-5,8-9,11-12,14,17H,6-7,10,13,15H2,1-2H3,(H,22,24). The number of methoxy groups -OCH3 is 2. The van der Waals surface area contributed by atoms with Crippen LogP contribution in [-0.2, 0) is 0 Å². The molecule has 0 aromatic heterocycles. The summed E-state index contributed by atoms with van der Waals surface area (Å²) in [6, 6.07) is 15.8. The lowest BCUT2D eigenvalue weighted by Gasteiger charge is -2.25. The lowest BCUT2D eigenvalue weighted by molar-refractivity contribution is 0.211. The first-order chi connectivity index (χ1) is 12.7. The molecule has 3 rings (SSSR count). The number of urea groups is 1. The van der Waals surface area contributed by atoms with Crippen molar-refractivity contribution in [3.63, 3.8) is 0 Å². The van der Waals surface area contributed by atoms with Crippen LogP contribution in [0.15, 0.2) is 48.5 Å². The number of nitrogens with one attached hydrogen (secondary N) is 1. The predicted octanol–water partition coefficient (Wildman–Crippen LogP) is 4.51. The number of ether oxygens (including phenoxy) is 2. The van der Waals surface area contributed by atoms with Crippen LogP contribution < -0.4 is 14.8 Å².